The van der Waals surface area contributed by atoms with Crippen LogP contribution in [-0.2, 0) is 9.53 Å². The van der Waals surface area contributed by atoms with Crippen LogP contribution in [0.1, 0.15) is 96.8 Å². The van der Waals surface area contributed by atoms with Crippen molar-refractivity contribution in [1.29, 1.82) is 0 Å². The van der Waals surface area contributed by atoms with Gasteiger partial charge in [-0.15, -0.1) is 0 Å². The van der Waals surface area contributed by atoms with Crippen LogP contribution in [0.5, 0.6) is 0 Å². The van der Waals surface area contributed by atoms with E-state index in [2.05, 4.69) is 6.58 Å². The third-order valence-corrected chi connectivity index (χ3v) is 4.42. The zero-order valence-electron chi connectivity index (χ0n) is 14.0. The second-order valence-corrected chi connectivity index (χ2v) is 6.63. The highest BCUT2D eigenvalue weighted by Crippen LogP contribution is 2.19. The molecule has 0 aromatic rings. The van der Waals surface area contributed by atoms with Gasteiger partial charge in [0.2, 0.25) is 0 Å². The molecule has 21 heavy (non-hydrogen) atoms. The van der Waals surface area contributed by atoms with E-state index < -0.39 is 0 Å². The Morgan fingerprint density at radius 1 is 0.762 bits per heavy atom. The fourth-order valence-electron chi connectivity index (χ4n) is 3.03. The summed E-state index contributed by atoms with van der Waals surface area (Å²) in [5.41, 5.74) is 0.519. The van der Waals surface area contributed by atoms with Crippen LogP contribution in [0.4, 0.5) is 0 Å². The fraction of sp³-hybridized carbons (Fsp3) is 0.842. The molecule has 0 N–H and O–H groups in total. The predicted molar refractivity (Wildman–Crippen MR) is 89.3 cm³/mol. The van der Waals surface area contributed by atoms with Gasteiger partial charge in [-0.3, -0.25) is 0 Å². The Bertz CT molecular complexity index is 280. The Hall–Kier alpha value is -0.790. The minimum atomic E-state index is -0.210. The molecular weight excluding hydrogens is 260 g/mol. The van der Waals surface area contributed by atoms with Gasteiger partial charge in [0.15, 0.2) is 0 Å². The van der Waals surface area contributed by atoms with Gasteiger partial charge in [0.1, 0.15) is 6.10 Å². The Labute approximate surface area is 131 Å². The first-order valence-corrected chi connectivity index (χ1v) is 9.06. The lowest BCUT2D eigenvalue weighted by Crippen LogP contribution is -2.18. The molecule has 2 nitrogen and oxygen atoms in total. The molecule has 0 saturated heterocycles. The lowest BCUT2D eigenvalue weighted by molar-refractivity contribution is -0.145. The van der Waals surface area contributed by atoms with Crippen LogP contribution in [0.2, 0.25) is 0 Å². The van der Waals surface area contributed by atoms with E-state index in [4.69, 9.17) is 4.74 Å². The first kappa shape index (κ1) is 18.3. The monoisotopic (exact) mass is 294 g/mol. The average Bonchev–Trinajstić information content (AvgIpc) is 2.47. The summed E-state index contributed by atoms with van der Waals surface area (Å²) in [4.78, 5) is 11.7. The normalized spacial score (nSPS) is 21.0. The standard InChI is InChI=1S/C19H34O2/c1-17(2)19(20)21-18-15-13-11-9-7-5-3-4-6-8-10-12-14-16-18/h18H,1,3-16H2,2H3. The molecule has 0 unspecified atom stereocenters. The maximum absolute atomic E-state index is 11.7. The summed E-state index contributed by atoms with van der Waals surface area (Å²) in [6, 6.07) is 0. The maximum atomic E-state index is 11.7. The highest BCUT2D eigenvalue weighted by atomic mass is 16.5. The average molecular weight is 294 g/mol. The van der Waals surface area contributed by atoms with Crippen LogP contribution in [0.3, 0.4) is 0 Å². The van der Waals surface area contributed by atoms with Crippen molar-refractivity contribution in [2.45, 2.75) is 103 Å². The van der Waals surface area contributed by atoms with Gasteiger partial charge in [0.25, 0.3) is 0 Å². The van der Waals surface area contributed by atoms with Crippen LogP contribution in [0.25, 0.3) is 0 Å². The zero-order valence-corrected chi connectivity index (χ0v) is 14.0. The van der Waals surface area contributed by atoms with Gasteiger partial charge in [0.05, 0.1) is 0 Å². The second-order valence-electron chi connectivity index (χ2n) is 6.63. The van der Waals surface area contributed by atoms with E-state index in [1.807, 2.05) is 0 Å². The molecule has 2 heteroatoms. The predicted octanol–water partition coefficient (Wildman–Crippen LogP) is 5.95. The number of ether oxygens (including phenoxy) is 1. The number of hydrogen-bond donors (Lipinski definition) is 0. The molecule has 1 fully saturated rings. The smallest absolute Gasteiger partial charge is 0.333 e. The molecule has 0 aromatic carbocycles. The third-order valence-electron chi connectivity index (χ3n) is 4.42. The van der Waals surface area contributed by atoms with Crippen molar-refractivity contribution in [2.75, 3.05) is 0 Å². The van der Waals surface area contributed by atoms with Crippen molar-refractivity contribution in [1.82, 2.24) is 0 Å². The second kappa shape index (κ2) is 11.8. The van der Waals surface area contributed by atoms with E-state index in [1.165, 1.54) is 77.0 Å². The molecule has 0 radical (unpaired) electrons. The quantitative estimate of drug-likeness (QED) is 0.464. The summed E-state index contributed by atoms with van der Waals surface area (Å²) in [6.45, 7) is 5.41. The number of carbonyl (C=O) groups excluding carboxylic acids is 1. The summed E-state index contributed by atoms with van der Waals surface area (Å²) < 4.78 is 5.60. The summed E-state index contributed by atoms with van der Waals surface area (Å²) in [7, 11) is 0. The molecule has 0 aliphatic heterocycles. The van der Waals surface area contributed by atoms with Gasteiger partial charge in [-0.25, -0.2) is 4.79 Å². The minimum absolute atomic E-state index is 0.110. The highest BCUT2D eigenvalue weighted by Gasteiger charge is 2.14. The molecule has 122 valence electrons. The van der Waals surface area contributed by atoms with E-state index >= 15 is 0 Å². The van der Waals surface area contributed by atoms with E-state index in [9.17, 15) is 4.79 Å². The van der Waals surface area contributed by atoms with Gasteiger partial charge in [-0.05, 0) is 32.6 Å². The molecular formula is C19H34O2. The summed E-state index contributed by atoms with van der Waals surface area (Å²) in [6.07, 6.45) is 18.1. The van der Waals surface area contributed by atoms with Crippen molar-refractivity contribution >= 4 is 5.97 Å². The van der Waals surface area contributed by atoms with E-state index in [1.54, 1.807) is 6.92 Å². The van der Waals surface area contributed by atoms with Crippen LogP contribution < -0.4 is 0 Å². The minimum Gasteiger partial charge on any atom is -0.459 e. The number of rotatable bonds is 2. The molecule has 0 bridgehead atoms. The molecule has 0 atom stereocenters. The van der Waals surface area contributed by atoms with Gasteiger partial charge in [0, 0.05) is 5.57 Å². The maximum Gasteiger partial charge on any atom is 0.333 e. The number of carbonyl (C=O) groups is 1. The van der Waals surface area contributed by atoms with E-state index in [0.717, 1.165) is 12.8 Å². The van der Waals surface area contributed by atoms with Gasteiger partial charge in [-0.1, -0.05) is 70.8 Å². The Balaban J connectivity index is 2.36. The molecule has 1 rings (SSSR count). The Kier molecular flexibility index (Phi) is 10.3. The first-order valence-electron chi connectivity index (χ1n) is 9.06. The van der Waals surface area contributed by atoms with Crippen molar-refractivity contribution in [2.24, 2.45) is 0 Å². The largest absolute Gasteiger partial charge is 0.459 e. The van der Waals surface area contributed by atoms with Crippen molar-refractivity contribution in [3.8, 4) is 0 Å². The van der Waals surface area contributed by atoms with E-state index in [0.29, 0.717) is 5.57 Å². The zero-order chi connectivity index (χ0) is 15.3. The Morgan fingerprint density at radius 3 is 1.43 bits per heavy atom. The Morgan fingerprint density at radius 2 is 1.10 bits per heavy atom. The highest BCUT2D eigenvalue weighted by molar-refractivity contribution is 5.87. The van der Waals surface area contributed by atoms with Crippen LogP contribution in [0, 0.1) is 0 Å². The third kappa shape index (κ3) is 9.71. The topological polar surface area (TPSA) is 26.3 Å². The van der Waals surface area contributed by atoms with Crippen LogP contribution >= 0.6 is 0 Å². The van der Waals surface area contributed by atoms with Crippen molar-refractivity contribution < 1.29 is 9.53 Å². The number of esters is 1. The van der Waals surface area contributed by atoms with Crippen molar-refractivity contribution in [3.05, 3.63) is 12.2 Å². The molecule has 1 saturated carbocycles. The van der Waals surface area contributed by atoms with E-state index in [-0.39, 0.29) is 12.1 Å². The summed E-state index contributed by atoms with van der Waals surface area (Å²) in [5, 5.41) is 0. The molecule has 1 aliphatic carbocycles. The summed E-state index contributed by atoms with van der Waals surface area (Å²) in [5.74, 6) is -0.210. The lowest BCUT2D eigenvalue weighted by Gasteiger charge is -2.18. The SMILES string of the molecule is C=C(C)C(=O)OC1CCCCCCCCCCCCCC1. The lowest BCUT2D eigenvalue weighted by atomic mass is 10.0. The molecule has 0 amide bonds. The first-order chi connectivity index (χ1) is 10.2. The molecule has 1 aliphatic rings. The van der Waals surface area contributed by atoms with Crippen molar-refractivity contribution in [3.63, 3.8) is 0 Å². The van der Waals surface area contributed by atoms with Crippen LogP contribution in [-0.4, -0.2) is 12.1 Å². The summed E-state index contributed by atoms with van der Waals surface area (Å²) >= 11 is 0. The van der Waals surface area contributed by atoms with Gasteiger partial charge >= 0.3 is 5.97 Å². The van der Waals surface area contributed by atoms with Gasteiger partial charge < -0.3 is 4.74 Å². The van der Waals surface area contributed by atoms with Crippen LogP contribution in [0.15, 0.2) is 12.2 Å². The molecule has 0 spiro atoms. The van der Waals surface area contributed by atoms with Gasteiger partial charge in [-0.2, -0.15) is 0 Å². The molecule has 0 heterocycles. The molecule has 0 aromatic heterocycles. The number of hydrogen-bond acceptors (Lipinski definition) is 2. The fourth-order valence-corrected chi connectivity index (χ4v) is 3.03.